The van der Waals surface area contributed by atoms with Crippen LogP contribution in [0.25, 0.3) is 0 Å². The molecule has 0 aliphatic heterocycles. The normalized spacial score (nSPS) is 10.6. The maximum atomic E-state index is 11.6. The highest BCUT2D eigenvalue weighted by atomic mass is 16.6. The number of aromatic carboxylic acids is 1. The highest BCUT2D eigenvalue weighted by Gasteiger charge is 2.32. The summed E-state index contributed by atoms with van der Waals surface area (Å²) < 4.78 is 0. The molecular formula is C19H29N3O6. The fourth-order valence-corrected chi connectivity index (χ4v) is 3.10. The Morgan fingerprint density at radius 1 is 0.893 bits per heavy atom. The van der Waals surface area contributed by atoms with Gasteiger partial charge in [-0.25, -0.2) is 4.79 Å². The second-order valence-electron chi connectivity index (χ2n) is 6.79. The number of unbranched alkanes of at least 4 members (excludes halogenated alkanes) is 6. The summed E-state index contributed by atoms with van der Waals surface area (Å²) in [5.74, 6) is -1.44. The largest absolute Gasteiger partial charge is 0.478 e. The number of rotatable bonds is 14. The summed E-state index contributed by atoms with van der Waals surface area (Å²) in [6, 6.07) is 1.82. The molecule has 28 heavy (non-hydrogen) atoms. The number of carboxylic acids is 1. The Morgan fingerprint density at radius 2 is 1.36 bits per heavy atom. The fraction of sp³-hybridized carbons (Fsp3) is 0.632. The molecule has 0 aliphatic rings. The number of hydrogen-bond donors (Lipinski definition) is 1. The van der Waals surface area contributed by atoms with Gasteiger partial charge in [-0.2, -0.15) is 0 Å². The molecule has 9 nitrogen and oxygen atoms in total. The molecule has 1 N–H and O–H groups in total. The molecule has 0 amide bonds. The lowest BCUT2D eigenvalue weighted by Gasteiger charge is -2.24. The minimum absolute atomic E-state index is 0.0954. The molecule has 1 rings (SSSR count). The monoisotopic (exact) mass is 395 g/mol. The summed E-state index contributed by atoms with van der Waals surface area (Å²) in [5, 5.41) is 32.3. The Balaban J connectivity index is 3.23. The lowest BCUT2D eigenvalue weighted by Crippen LogP contribution is -2.27. The summed E-state index contributed by atoms with van der Waals surface area (Å²) in [6.07, 6.45) is 7.74. The first-order valence-corrected chi connectivity index (χ1v) is 9.78. The Bertz CT molecular complexity index is 657. The zero-order valence-corrected chi connectivity index (χ0v) is 16.6. The molecule has 0 bridgehead atoms. The van der Waals surface area contributed by atoms with Crippen molar-refractivity contribution in [3.05, 3.63) is 37.9 Å². The topological polar surface area (TPSA) is 127 Å². The molecule has 156 valence electrons. The molecule has 1 aromatic carbocycles. The molecule has 0 aliphatic carbocycles. The smallest absolute Gasteiger partial charge is 0.336 e. The molecule has 0 fully saturated rings. The lowest BCUT2D eigenvalue weighted by atomic mass is 10.1. The first kappa shape index (κ1) is 23.3. The van der Waals surface area contributed by atoms with E-state index in [2.05, 4.69) is 6.92 Å². The summed E-state index contributed by atoms with van der Waals surface area (Å²) in [4.78, 5) is 34.6. The van der Waals surface area contributed by atoms with Gasteiger partial charge in [0.25, 0.3) is 0 Å². The summed E-state index contributed by atoms with van der Waals surface area (Å²) >= 11 is 0. The van der Waals surface area contributed by atoms with E-state index in [9.17, 15) is 25.0 Å². The first-order valence-electron chi connectivity index (χ1n) is 9.78. The molecule has 9 heteroatoms. The first-order chi connectivity index (χ1) is 13.3. The Hall–Kier alpha value is -2.71. The third-order valence-electron chi connectivity index (χ3n) is 4.59. The quantitative estimate of drug-likeness (QED) is 0.261. The van der Waals surface area contributed by atoms with Gasteiger partial charge in [0, 0.05) is 25.2 Å². The van der Waals surface area contributed by atoms with Crippen LogP contribution >= 0.6 is 0 Å². The average molecular weight is 395 g/mol. The number of nitro groups is 2. The molecule has 0 saturated heterocycles. The van der Waals surface area contributed by atoms with E-state index in [0.29, 0.717) is 13.1 Å². The summed E-state index contributed by atoms with van der Waals surface area (Å²) in [7, 11) is 0. The average Bonchev–Trinajstić information content (AvgIpc) is 2.65. The second kappa shape index (κ2) is 11.9. The van der Waals surface area contributed by atoms with Crippen LogP contribution in [-0.4, -0.2) is 34.0 Å². The Labute approximate surface area is 164 Å². The predicted octanol–water partition coefficient (Wildman–Crippen LogP) is 5.17. The van der Waals surface area contributed by atoms with Gasteiger partial charge in [0.15, 0.2) is 5.69 Å². The van der Waals surface area contributed by atoms with Gasteiger partial charge in [0.05, 0.1) is 15.4 Å². The van der Waals surface area contributed by atoms with Crippen molar-refractivity contribution in [3.63, 3.8) is 0 Å². The lowest BCUT2D eigenvalue weighted by molar-refractivity contribution is -0.392. The van der Waals surface area contributed by atoms with Crippen LogP contribution in [0.2, 0.25) is 0 Å². The fourth-order valence-electron chi connectivity index (χ4n) is 3.10. The van der Waals surface area contributed by atoms with E-state index in [0.717, 1.165) is 63.5 Å². The number of nitro benzene ring substituents is 2. The molecule has 0 atom stereocenters. The van der Waals surface area contributed by atoms with Crippen LogP contribution in [0.15, 0.2) is 12.1 Å². The van der Waals surface area contributed by atoms with E-state index in [4.69, 9.17) is 5.11 Å². The number of benzene rings is 1. The van der Waals surface area contributed by atoms with Gasteiger partial charge < -0.3 is 10.0 Å². The Kier molecular flexibility index (Phi) is 9.91. The van der Waals surface area contributed by atoms with Gasteiger partial charge >= 0.3 is 17.3 Å². The zero-order valence-electron chi connectivity index (χ0n) is 16.6. The molecule has 0 aromatic heterocycles. The van der Waals surface area contributed by atoms with Crippen molar-refractivity contribution < 1.29 is 19.7 Å². The number of carbonyl (C=O) groups is 1. The van der Waals surface area contributed by atoms with E-state index < -0.39 is 32.8 Å². The van der Waals surface area contributed by atoms with Gasteiger partial charge in [-0.15, -0.1) is 0 Å². The second-order valence-corrected chi connectivity index (χ2v) is 6.79. The minimum atomic E-state index is -1.44. The van der Waals surface area contributed by atoms with Crippen molar-refractivity contribution in [3.8, 4) is 0 Å². The van der Waals surface area contributed by atoms with Crippen molar-refractivity contribution in [2.75, 3.05) is 18.0 Å². The van der Waals surface area contributed by atoms with Crippen LogP contribution in [-0.2, 0) is 0 Å². The summed E-state index contributed by atoms with van der Waals surface area (Å²) in [5.41, 5.74) is -1.62. The van der Waals surface area contributed by atoms with Crippen molar-refractivity contribution in [2.24, 2.45) is 0 Å². The van der Waals surface area contributed by atoms with Gasteiger partial charge in [-0.1, -0.05) is 52.4 Å². The van der Waals surface area contributed by atoms with E-state index >= 15 is 0 Å². The van der Waals surface area contributed by atoms with Crippen LogP contribution < -0.4 is 4.90 Å². The summed E-state index contributed by atoms with van der Waals surface area (Å²) in [6.45, 7) is 5.00. The van der Waals surface area contributed by atoms with E-state index in [1.165, 1.54) is 0 Å². The maximum absolute atomic E-state index is 11.6. The van der Waals surface area contributed by atoms with Crippen molar-refractivity contribution in [1.82, 2.24) is 0 Å². The van der Waals surface area contributed by atoms with Gasteiger partial charge in [-0.3, -0.25) is 20.2 Å². The van der Waals surface area contributed by atoms with E-state index in [1.54, 1.807) is 4.90 Å². The SMILES string of the molecule is CCCCCCCCN(CCCC)c1c([N+](=O)[O-])cc(C(=O)O)cc1[N+](=O)[O-]. The highest BCUT2D eigenvalue weighted by Crippen LogP contribution is 2.39. The van der Waals surface area contributed by atoms with E-state index in [1.807, 2.05) is 6.92 Å². The number of carboxylic acid groups (broad SMARTS) is 1. The van der Waals surface area contributed by atoms with Crippen LogP contribution in [0.1, 0.15) is 75.6 Å². The highest BCUT2D eigenvalue weighted by molar-refractivity contribution is 5.92. The molecule has 0 radical (unpaired) electrons. The van der Waals surface area contributed by atoms with Crippen LogP contribution in [0.5, 0.6) is 0 Å². The van der Waals surface area contributed by atoms with Crippen LogP contribution in [0.4, 0.5) is 17.1 Å². The standard InChI is InChI=1S/C19H29N3O6/c1-3-5-7-8-9-10-12-20(11-6-4-2)18-16(21(25)26)13-15(19(23)24)14-17(18)22(27)28/h13-14H,3-12H2,1-2H3,(H,23,24). The van der Waals surface area contributed by atoms with Crippen molar-refractivity contribution in [2.45, 2.75) is 65.2 Å². The minimum Gasteiger partial charge on any atom is -0.478 e. The predicted molar refractivity (Wildman–Crippen MR) is 107 cm³/mol. The van der Waals surface area contributed by atoms with Crippen molar-refractivity contribution >= 4 is 23.0 Å². The van der Waals surface area contributed by atoms with Gasteiger partial charge in [0.1, 0.15) is 0 Å². The number of nitrogens with zero attached hydrogens (tertiary/aromatic N) is 3. The molecule has 1 aromatic rings. The van der Waals surface area contributed by atoms with E-state index in [-0.39, 0.29) is 5.69 Å². The number of anilines is 1. The van der Waals surface area contributed by atoms with Crippen molar-refractivity contribution in [1.29, 1.82) is 0 Å². The maximum Gasteiger partial charge on any atom is 0.336 e. The molecule has 0 unspecified atom stereocenters. The number of hydrogen-bond acceptors (Lipinski definition) is 6. The molecule has 0 spiro atoms. The van der Waals surface area contributed by atoms with Crippen LogP contribution in [0, 0.1) is 20.2 Å². The molecule has 0 heterocycles. The Morgan fingerprint density at radius 3 is 1.82 bits per heavy atom. The third-order valence-corrected chi connectivity index (χ3v) is 4.59. The molecular weight excluding hydrogens is 366 g/mol. The van der Waals surface area contributed by atoms with Crippen LogP contribution in [0.3, 0.4) is 0 Å². The third kappa shape index (κ3) is 6.79. The van der Waals surface area contributed by atoms with Gasteiger partial charge in [0.2, 0.25) is 0 Å². The molecule has 0 saturated carbocycles. The van der Waals surface area contributed by atoms with Gasteiger partial charge in [-0.05, 0) is 12.8 Å². The zero-order chi connectivity index (χ0) is 21.1.